The fourth-order valence-corrected chi connectivity index (χ4v) is 1.24. The molecule has 1 aromatic rings. The summed E-state index contributed by atoms with van der Waals surface area (Å²) in [4.78, 5) is 0. The number of nitrogens with one attached hydrogen (secondary N) is 1. The Morgan fingerprint density at radius 3 is 2.92 bits per heavy atom. The zero-order valence-electron chi connectivity index (χ0n) is 6.80. The normalized spacial score (nSPS) is 9.92. The number of methoxy groups -OCH3 is 1. The standard InChI is InChI=1S/C8H11ClN2O/c1-12-8-4-2-3-7(9)6(8)5-11-10/h2-4,11H,5,10H2,1H3. The van der Waals surface area contributed by atoms with Crippen molar-refractivity contribution < 1.29 is 4.74 Å². The molecule has 1 rings (SSSR count). The van der Waals surface area contributed by atoms with Gasteiger partial charge in [0.15, 0.2) is 0 Å². The molecule has 66 valence electrons. The zero-order valence-corrected chi connectivity index (χ0v) is 7.56. The van der Waals surface area contributed by atoms with Gasteiger partial charge in [-0.1, -0.05) is 17.7 Å². The molecule has 0 radical (unpaired) electrons. The molecule has 0 fully saturated rings. The molecule has 3 nitrogen and oxygen atoms in total. The fraction of sp³-hybridized carbons (Fsp3) is 0.250. The minimum Gasteiger partial charge on any atom is -0.496 e. The van der Waals surface area contributed by atoms with Gasteiger partial charge in [-0.25, -0.2) is 0 Å². The third-order valence-corrected chi connectivity index (χ3v) is 1.93. The molecule has 0 aromatic heterocycles. The Morgan fingerprint density at radius 2 is 2.33 bits per heavy atom. The zero-order chi connectivity index (χ0) is 8.97. The fourth-order valence-electron chi connectivity index (χ4n) is 1.00. The van der Waals surface area contributed by atoms with Crippen LogP contribution in [-0.4, -0.2) is 7.11 Å². The van der Waals surface area contributed by atoms with E-state index in [1.54, 1.807) is 13.2 Å². The van der Waals surface area contributed by atoms with E-state index in [-0.39, 0.29) is 0 Å². The highest BCUT2D eigenvalue weighted by atomic mass is 35.5. The predicted octanol–water partition coefficient (Wildman–Crippen LogP) is 1.31. The number of ether oxygens (including phenoxy) is 1. The highest BCUT2D eigenvalue weighted by molar-refractivity contribution is 6.31. The van der Waals surface area contributed by atoms with E-state index in [2.05, 4.69) is 5.43 Å². The Morgan fingerprint density at radius 1 is 1.58 bits per heavy atom. The Bertz CT molecular complexity index is 265. The predicted molar refractivity (Wildman–Crippen MR) is 49.0 cm³/mol. The number of benzene rings is 1. The van der Waals surface area contributed by atoms with E-state index in [9.17, 15) is 0 Å². The van der Waals surface area contributed by atoms with E-state index in [4.69, 9.17) is 22.2 Å². The van der Waals surface area contributed by atoms with Crippen LogP contribution < -0.4 is 16.0 Å². The van der Waals surface area contributed by atoms with Gasteiger partial charge in [-0.05, 0) is 12.1 Å². The van der Waals surface area contributed by atoms with Crippen molar-refractivity contribution >= 4 is 11.6 Å². The average Bonchev–Trinajstić information content (AvgIpc) is 2.09. The summed E-state index contributed by atoms with van der Waals surface area (Å²) in [7, 11) is 1.60. The van der Waals surface area contributed by atoms with Gasteiger partial charge in [-0.2, -0.15) is 0 Å². The maximum atomic E-state index is 5.91. The van der Waals surface area contributed by atoms with Crippen LogP contribution in [0.4, 0.5) is 0 Å². The summed E-state index contributed by atoms with van der Waals surface area (Å²) in [5.41, 5.74) is 3.41. The summed E-state index contributed by atoms with van der Waals surface area (Å²) in [6.45, 7) is 0.503. The molecule has 0 unspecified atom stereocenters. The summed E-state index contributed by atoms with van der Waals surface area (Å²) >= 11 is 5.91. The number of hydrazine groups is 1. The lowest BCUT2D eigenvalue weighted by Crippen LogP contribution is -2.21. The number of hydrogen-bond acceptors (Lipinski definition) is 3. The molecule has 0 aliphatic rings. The second kappa shape index (κ2) is 4.30. The second-order valence-corrected chi connectivity index (χ2v) is 2.71. The van der Waals surface area contributed by atoms with Crippen molar-refractivity contribution in [1.82, 2.24) is 5.43 Å². The molecule has 0 saturated carbocycles. The molecule has 1 aromatic carbocycles. The largest absolute Gasteiger partial charge is 0.496 e. The van der Waals surface area contributed by atoms with Crippen LogP contribution in [0, 0.1) is 0 Å². The molecule has 0 aliphatic carbocycles. The lowest BCUT2D eigenvalue weighted by Gasteiger charge is -2.08. The maximum Gasteiger partial charge on any atom is 0.124 e. The van der Waals surface area contributed by atoms with E-state index in [1.165, 1.54) is 0 Å². The molecule has 0 bridgehead atoms. The first-order valence-electron chi connectivity index (χ1n) is 3.54. The molecular weight excluding hydrogens is 176 g/mol. The summed E-state index contributed by atoms with van der Waals surface area (Å²) in [5, 5.41) is 0.660. The number of halogens is 1. The lowest BCUT2D eigenvalue weighted by atomic mass is 10.2. The van der Waals surface area contributed by atoms with Crippen LogP contribution in [-0.2, 0) is 6.54 Å². The van der Waals surface area contributed by atoms with E-state index in [0.717, 1.165) is 11.3 Å². The first-order chi connectivity index (χ1) is 5.79. The van der Waals surface area contributed by atoms with Gasteiger partial charge in [-0.3, -0.25) is 11.3 Å². The molecule has 0 atom stereocenters. The SMILES string of the molecule is COc1cccc(Cl)c1CNN. The first kappa shape index (κ1) is 9.32. The van der Waals surface area contributed by atoms with E-state index >= 15 is 0 Å². The van der Waals surface area contributed by atoms with Gasteiger partial charge >= 0.3 is 0 Å². The average molecular weight is 187 g/mol. The summed E-state index contributed by atoms with van der Waals surface area (Å²) in [6, 6.07) is 5.48. The summed E-state index contributed by atoms with van der Waals surface area (Å²) in [6.07, 6.45) is 0. The molecule has 4 heteroatoms. The summed E-state index contributed by atoms with van der Waals surface area (Å²) < 4.78 is 5.10. The maximum absolute atomic E-state index is 5.91. The van der Waals surface area contributed by atoms with Crippen molar-refractivity contribution in [3.8, 4) is 5.75 Å². The van der Waals surface area contributed by atoms with E-state index < -0.39 is 0 Å². The second-order valence-electron chi connectivity index (χ2n) is 2.30. The minimum absolute atomic E-state index is 0.503. The van der Waals surface area contributed by atoms with E-state index in [0.29, 0.717) is 11.6 Å². The van der Waals surface area contributed by atoms with Crippen LogP contribution in [0.5, 0.6) is 5.75 Å². The monoisotopic (exact) mass is 186 g/mol. The molecule has 0 aliphatic heterocycles. The third kappa shape index (κ3) is 1.88. The van der Waals surface area contributed by atoms with E-state index in [1.807, 2.05) is 12.1 Å². The minimum atomic E-state index is 0.503. The number of nitrogens with two attached hydrogens (primary N) is 1. The first-order valence-corrected chi connectivity index (χ1v) is 3.92. The molecule has 0 spiro atoms. The lowest BCUT2D eigenvalue weighted by molar-refractivity contribution is 0.408. The topological polar surface area (TPSA) is 47.3 Å². The van der Waals surface area contributed by atoms with Gasteiger partial charge < -0.3 is 4.74 Å². The van der Waals surface area contributed by atoms with Crippen LogP contribution in [0.1, 0.15) is 5.56 Å². The quantitative estimate of drug-likeness (QED) is 0.553. The Hall–Kier alpha value is -0.770. The van der Waals surface area contributed by atoms with Crippen molar-refractivity contribution in [2.24, 2.45) is 5.84 Å². The van der Waals surface area contributed by atoms with Crippen molar-refractivity contribution in [3.05, 3.63) is 28.8 Å². The highest BCUT2D eigenvalue weighted by Gasteiger charge is 2.05. The van der Waals surface area contributed by atoms with Crippen molar-refractivity contribution in [3.63, 3.8) is 0 Å². The van der Waals surface area contributed by atoms with Crippen molar-refractivity contribution in [2.75, 3.05) is 7.11 Å². The van der Waals surface area contributed by atoms with Crippen molar-refractivity contribution in [2.45, 2.75) is 6.54 Å². The van der Waals surface area contributed by atoms with Crippen LogP contribution in [0.3, 0.4) is 0 Å². The van der Waals surface area contributed by atoms with Crippen LogP contribution in [0.25, 0.3) is 0 Å². The Kier molecular flexibility index (Phi) is 3.34. The van der Waals surface area contributed by atoms with Gasteiger partial charge in [0.05, 0.1) is 7.11 Å². The molecule has 0 amide bonds. The number of rotatable bonds is 3. The molecule has 0 heterocycles. The van der Waals surface area contributed by atoms with Crippen molar-refractivity contribution in [1.29, 1.82) is 0 Å². The highest BCUT2D eigenvalue weighted by Crippen LogP contribution is 2.25. The van der Waals surface area contributed by atoms with Gasteiger partial charge in [0.2, 0.25) is 0 Å². The Balaban J connectivity index is 3.02. The van der Waals surface area contributed by atoms with Crippen LogP contribution >= 0.6 is 11.6 Å². The molecule has 0 saturated heterocycles. The van der Waals surface area contributed by atoms with Crippen LogP contribution in [0.2, 0.25) is 5.02 Å². The third-order valence-electron chi connectivity index (χ3n) is 1.57. The van der Waals surface area contributed by atoms with Gasteiger partial charge in [-0.15, -0.1) is 0 Å². The van der Waals surface area contributed by atoms with Gasteiger partial charge in [0, 0.05) is 17.1 Å². The smallest absolute Gasteiger partial charge is 0.124 e. The molecule has 12 heavy (non-hydrogen) atoms. The molecule has 3 N–H and O–H groups in total. The Labute approximate surface area is 76.4 Å². The van der Waals surface area contributed by atoms with Gasteiger partial charge in [0.25, 0.3) is 0 Å². The van der Waals surface area contributed by atoms with Crippen LogP contribution in [0.15, 0.2) is 18.2 Å². The number of hydrogen-bond donors (Lipinski definition) is 2. The molecular formula is C8H11ClN2O. The van der Waals surface area contributed by atoms with Gasteiger partial charge in [0.1, 0.15) is 5.75 Å². The summed E-state index contributed by atoms with van der Waals surface area (Å²) in [5.74, 6) is 5.94.